The van der Waals surface area contributed by atoms with Gasteiger partial charge in [0.15, 0.2) is 5.54 Å². The fraction of sp³-hybridized carbons (Fsp3) is 0.300. The van der Waals surface area contributed by atoms with Gasteiger partial charge in [0, 0.05) is 5.56 Å². The summed E-state index contributed by atoms with van der Waals surface area (Å²) in [6.45, 7) is 2.45. The Labute approximate surface area is 151 Å². The predicted molar refractivity (Wildman–Crippen MR) is 95.3 cm³/mol. The topological polar surface area (TPSA) is 84.9 Å². The molecule has 0 aliphatic carbocycles. The van der Waals surface area contributed by atoms with Crippen LogP contribution in [-0.4, -0.2) is 30.7 Å². The Morgan fingerprint density at radius 1 is 1.19 bits per heavy atom. The first-order valence-corrected chi connectivity index (χ1v) is 8.34. The number of hydrogen-bond acceptors (Lipinski definition) is 4. The average Bonchev–Trinajstić information content (AvgIpc) is 2.67. The van der Waals surface area contributed by atoms with Crippen molar-refractivity contribution < 1.29 is 24.2 Å². The number of carbonyl (C=O) groups excluding carboxylic acids is 1. The normalized spacial score (nSPS) is 15.5. The summed E-state index contributed by atoms with van der Waals surface area (Å²) in [5.41, 5.74) is 1.22. The van der Waals surface area contributed by atoms with Crippen LogP contribution in [0, 0.1) is 0 Å². The lowest BCUT2D eigenvalue weighted by Crippen LogP contribution is -2.49. The van der Waals surface area contributed by atoms with Crippen LogP contribution in [0.2, 0.25) is 0 Å². The van der Waals surface area contributed by atoms with Crippen molar-refractivity contribution in [2.45, 2.75) is 25.5 Å². The Balaban J connectivity index is 1.93. The lowest BCUT2D eigenvalue weighted by Gasteiger charge is -2.28. The highest BCUT2D eigenvalue weighted by molar-refractivity contribution is 5.99. The molecule has 0 radical (unpaired) electrons. The highest BCUT2D eigenvalue weighted by Gasteiger charge is 2.37. The number of carbonyl (C=O) groups is 2. The largest absolute Gasteiger partial charge is 0.497 e. The van der Waals surface area contributed by atoms with Crippen LogP contribution in [0.15, 0.2) is 42.5 Å². The van der Waals surface area contributed by atoms with Crippen LogP contribution in [0.5, 0.6) is 5.75 Å². The highest BCUT2D eigenvalue weighted by atomic mass is 16.5. The molecule has 0 saturated carbocycles. The number of carboxylic acids is 1. The molecule has 1 amide bonds. The smallest absolute Gasteiger partial charge is 0.333 e. The standard InChI is InChI=1S/C20H21NO5/c1-20(19(23)24,14-6-8-15(25-2)9-7-14)21-18(22)16-5-3-4-13-10-11-26-12-17(13)16/h3-9H,10-12H2,1-2H3,(H,21,22)(H,23,24). The number of ether oxygens (including phenoxy) is 2. The lowest BCUT2D eigenvalue weighted by atomic mass is 9.90. The molecule has 0 spiro atoms. The van der Waals surface area contributed by atoms with Crippen LogP contribution in [0.4, 0.5) is 0 Å². The van der Waals surface area contributed by atoms with Gasteiger partial charge in [0.2, 0.25) is 0 Å². The third-order valence-corrected chi connectivity index (χ3v) is 4.74. The van der Waals surface area contributed by atoms with Gasteiger partial charge in [-0.05, 0) is 48.2 Å². The molecule has 1 aliphatic heterocycles. The summed E-state index contributed by atoms with van der Waals surface area (Å²) in [4.78, 5) is 24.8. The van der Waals surface area contributed by atoms with Gasteiger partial charge in [0.25, 0.3) is 5.91 Å². The second-order valence-electron chi connectivity index (χ2n) is 6.36. The van der Waals surface area contributed by atoms with Crippen LogP contribution in [-0.2, 0) is 28.1 Å². The van der Waals surface area contributed by atoms with Crippen LogP contribution < -0.4 is 10.1 Å². The van der Waals surface area contributed by atoms with Crippen molar-refractivity contribution in [2.75, 3.05) is 13.7 Å². The fourth-order valence-corrected chi connectivity index (χ4v) is 3.08. The lowest BCUT2D eigenvalue weighted by molar-refractivity contribution is -0.144. The molecule has 0 aromatic heterocycles. The molecule has 2 aromatic carbocycles. The molecule has 0 saturated heterocycles. The zero-order valence-corrected chi connectivity index (χ0v) is 14.7. The van der Waals surface area contributed by atoms with Crippen molar-refractivity contribution in [1.82, 2.24) is 5.32 Å². The van der Waals surface area contributed by atoms with Crippen LogP contribution in [0.3, 0.4) is 0 Å². The monoisotopic (exact) mass is 355 g/mol. The molecule has 3 rings (SSSR count). The van der Waals surface area contributed by atoms with E-state index in [2.05, 4.69) is 5.32 Å². The van der Waals surface area contributed by atoms with E-state index in [1.807, 2.05) is 12.1 Å². The first-order valence-electron chi connectivity index (χ1n) is 8.34. The molecular formula is C20H21NO5. The van der Waals surface area contributed by atoms with E-state index in [0.717, 1.165) is 17.5 Å². The van der Waals surface area contributed by atoms with Crippen LogP contribution in [0.1, 0.15) is 34.0 Å². The Kier molecular flexibility index (Phi) is 4.95. The predicted octanol–water partition coefficient (Wildman–Crippen LogP) is 2.50. The van der Waals surface area contributed by atoms with Gasteiger partial charge in [-0.15, -0.1) is 0 Å². The molecule has 1 atom stereocenters. The zero-order valence-electron chi connectivity index (χ0n) is 14.7. The second kappa shape index (κ2) is 7.17. The van der Waals surface area contributed by atoms with E-state index in [1.165, 1.54) is 14.0 Å². The molecule has 0 fully saturated rings. The Hall–Kier alpha value is -2.86. The molecule has 0 bridgehead atoms. The summed E-state index contributed by atoms with van der Waals surface area (Å²) in [5, 5.41) is 12.5. The average molecular weight is 355 g/mol. The minimum atomic E-state index is -1.57. The summed E-state index contributed by atoms with van der Waals surface area (Å²) in [5.74, 6) is -0.966. The quantitative estimate of drug-likeness (QED) is 0.861. The number of rotatable bonds is 5. The summed E-state index contributed by atoms with van der Waals surface area (Å²) >= 11 is 0. The maximum atomic E-state index is 12.9. The van der Waals surface area contributed by atoms with E-state index in [1.54, 1.807) is 30.3 Å². The van der Waals surface area contributed by atoms with E-state index >= 15 is 0 Å². The number of aliphatic carboxylic acids is 1. The number of amides is 1. The van der Waals surface area contributed by atoms with E-state index < -0.39 is 17.4 Å². The van der Waals surface area contributed by atoms with Gasteiger partial charge in [-0.1, -0.05) is 24.3 Å². The van der Waals surface area contributed by atoms with Crippen LogP contribution >= 0.6 is 0 Å². The Morgan fingerprint density at radius 3 is 2.58 bits per heavy atom. The third kappa shape index (κ3) is 3.28. The van der Waals surface area contributed by atoms with Crippen molar-refractivity contribution in [3.8, 4) is 5.75 Å². The first-order chi connectivity index (χ1) is 12.5. The zero-order chi connectivity index (χ0) is 18.7. The Bertz CT molecular complexity index is 831. The number of fused-ring (bicyclic) bond motifs is 1. The van der Waals surface area contributed by atoms with Crippen molar-refractivity contribution in [3.05, 3.63) is 64.7 Å². The van der Waals surface area contributed by atoms with E-state index in [-0.39, 0.29) is 0 Å². The van der Waals surface area contributed by atoms with Gasteiger partial charge in [0.1, 0.15) is 5.75 Å². The molecule has 136 valence electrons. The van der Waals surface area contributed by atoms with Gasteiger partial charge in [-0.3, -0.25) is 4.79 Å². The minimum Gasteiger partial charge on any atom is -0.497 e. The fourth-order valence-electron chi connectivity index (χ4n) is 3.08. The van der Waals surface area contributed by atoms with E-state index in [9.17, 15) is 14.7 Å². The number of hydrogen-bond donors (Lipinski definition) is 2. The van der Waals surface area contributed by atoms with Crippen LogP contribution in [0.25, 0.3) is 0 Å². The molecule has 2 aromatic rings. The van der Waals surface area contributed by atoms with Gasteiger partial charge < -0.3 is 19.9 Å². The number of methoxy groups -OCH3 is 1. The number of carboxylic acid groups (broad SMARTS) is 1. The molecule has 1 heterocycles. The summed E-state index contributed by atoms with van der Waals surface area (Å²) in [6, 6.07) is 12.1. The Morgan fingerprint density at radius 2 is 1.92 bits per heavy atom. The first kappa shape index (κ1) is 17.9. The summed E-state index contributed by atoms with van der Waals surface area (Å²) in [6.07, 6.45) is 0.741. The van der Waals surface area contributed by atoms with Crippen molar-refractivity contribution in [1.29, 1.82) is 0 Å². The maximum absolute atomic E-state index is 12.9. The SMILES string of the molecule is COc1ccc(C(C)(NC(=O)c2cccc3c2COCC3)C(=O)O)cc1. The number of nitrogens with one attached hydrogen (secondary N) is 1. The summed E-state index contributed by atoms with van der Waals surface area (Å²) < 4.78 is 10.6. The molecule has 1 unspecified atom stereocenters. The molecular weight excluding hydrogens is 334 g/mol. The third-order valence-electron chi connectivity index (χ3n) is 4.74. The van der Waals surface area contributed by atoms with E-state index in [4.69, 9.17) is 9.47 Å². The summed E-state index contributed by atoms with van der Waals surface area (Å²) in [7, 11) is 1.54. The number of benzene rings is 2. The van der Waals surface area contributed by atoms with Gasteiger partial charge in [-0.2, -0.15) is 0 Å². The second-order valence-corrected chi connectivity index (χ2v) is 6.36. The van der Waals surface area contributed by atoms with Gasteiger partial charge in [0.05, 0.1) is 20.3 Å². The van der Waals surface area contributed by atoms with Crippen molar-refractivity contribution >= 4 is 11.9 Å². The van der Waals surface area contributed by atoms with Crippen molar-refractivity contribution in [2.24, 2.45) is 0 Å². The molecule has 26 heavy (non-hydrogen) atoms. The van der Waals surface area contributed by atoms with Gasteiger partial charge in [-0.25, -0.2) is 4.79 Å². The molecule has 2 N–H and O–H groups in total. The van der Waals surface area contributed by atoms with E-state index in [0.29, 0.717) is 30.1 Å². The molecule has 6 nitrogen and oxygen atoms in total. The molecule has 6 heteroatoms. The van der Waals surface area contributed by atoms with Gasteiger partial charge >= 0.3 is 5.97 Å². The van der Waals surface area contributed by atoms with Crippen molar-refractivity contribution in [3.63, 3.8) is 0 Å². The minimum absolute atomic E-state index is 0.352. The highest BCUT2D eigenvalue weighted by Crippen LogP contribution is 2.26. The maximum Gasteiger partial charge on any atom is 0.333 e. The molecule has 1 aliphatic rings.